The highest BCUT2D eigenvalue weighted by Gasteiger charge is 2.05. The minimum Gasteiger partial charge on any atom is -0.390 e. The van der Waals surface area contributed by atoms with E-state index in [9.17, 15) is 0 Å². The minimum absolute atomic E-state index is 0.458. The van der Waals surface area contributed by atoms with Crippen molar-refractivity contribution in [3.05, 3.63) is 0 Å². The summed E-state index contributed by atoms with van der Waals surface area (Å²) in [6.07, 6.45) is 5.73. The minimum atomic E-state index is -0.458. The lowest BCUT2D eigenvalue weighted by atomic mass is 10.1. The highest BCUT2D eigenvalue weighted by Crippen LogP contribution is 2.03. The molecule has 0 aliphatic heterocycles. The summed E-state index contributed by atoms with van der Waals surface area (Å²) < 4.78 is 5.31. The van der Waals surface area contributed by atoms with Gasteiger partial charge in [0.05, 0.1) is 5.60 Å². The van der Waals surface area contributed by atoms with E-state index in [1.807, 2.05) is 6.92 Å². The summed E-state index contributed by atoms with van der Waals surface area (Å²) in [5.41, 5.74) is -0.458. The van der Waals surface area contributed by atoms with Crippen molar-refractivity contribution in [2.75, 3.05) is 13.2 Å². The zero-order valence-corrected chi connectivity index (χ0v) is 11.3. The molecule has 0 radical (unpaired) electrons. The third-order valence-electron chi connectivity index (χ3n) is 2.15. The van der Waals surface area contributed by atoms with Crippen LogP contribution in [0.1, 0.15) is 66.7 Å². The van der Waals surface area contributed by atoms with Gasteiger partial charge in [0.25, 0.3) is 0 Å². The smallest absolute Gasteiger partial charge is 0.0589 e. The van der Waals surface area contributed by atoms with Crippen molar-refractivity contribution in [3.8, 4) is 0 Å². The topological polar surface area (TPSA) is 29.5 Å². The molecule has 0 amide bonds. The normalized spacial score (nSPS) is 10.8. The van der Waals surface area contributed by atoms with E-state index in [0.717, 1.165) is 19.6 Å². The third kappa shape index (κ3) is 24.9. The maximum atomic E-state index is 8.83. The Morgan fingerprint density at radius 2 is 1.27 bits per heavy atom. The van der Waals surface area contributed by atoms with Crippen LogP contribution in [-0.2, 0) is 4.74 Å². The van der Waals surface area contributed by atoms with Gasteiger partial charge in [0.15, 0.2) is 0 Å². The maximum absolute atomic E-state index is 8.83. The first kappa shape index (κ1) is 17.3. The summed E-state index contributed by atoms with van der Waals surface area (Å²) in [5.74, 6) is 0. The van der Waals surface area contributed by atoms with Crippen molar-refractivity contribution in [1.82, 2.24) is 0 Å². The molecule has 1 N–H and O–H groups in total. The number of hydrogen-bond donors (Lipinski definition) is 1. The Balaban J connectivity index is 0. The van der Waals surface area contributed by atoms with Crippen molar-refractivity contribution >= 4 is 0 Å². The van der Waals surface area contributed by atoms with E-state index in [1.54, 1.807) is 13.8 Å². The summed E-state index contributed by atoms with van der Waals surface area (Å²) in [6.45, 7) is 11.8. The zero-order chi connectivity index (χ0) is 12.2. The van der Waals surface area contributed by atoms with Gasteiger partial charge in [0, 0.05) is 13.2 Å². The van der Waals surface area contributed by atoms with Crippen molar-refractivity contribution in [1.29, 1.82) is 0 Å². The first-order chi connectivity index (χ1) is 6.97. The van der Waals surface area contributed by atoms with Gasteiger partial charge in [-0.25, -0.2) is 0 Å². The van der Waals surface area contributed by atoms with Gasteiger partial charge in [-0.05, 0) is 33.1 Å². The van der Waals surface area contributed by atoms with Gasteiger partial charge in [-0.2, -0.15) is 0 Å². The Morgan fingerprint density at radius 1 is 0.933 bits per heavy atom. The second-order valence-corrected chi connectivity index (χ2v) is 4.49. The van der Waals surface area contributed by atoms with Gasteiger partial charge in [-0.15, -0.1) is 0 Å². The summed E-state index contributed by atoms with van der Waals surface area (Å²) in [4.78, 5) is 0. The lowest BCUT2D eigenvalue weighted by molar-refractivity contribution is 0.0765. The molecule has 0 unspecified atom stereocenters. The first-order valence-corrected chi connectivity index (χ1v) is 6.28. The molecule has 0 aromatic rings. The van der Waals surface area contributed by atoms with E-state index in [1.165, 1.54) is 25.7 Å². The molecular formula is C13H30O2. The van der Waals surface area contributed by atoms with Gasteiger partial charge in [0.2, 0.25) is 0 Å². The second-order valence-electron chi connectivity index (χ2n) is 4.49. The molecule has 15 heavy (non-hydrogen) atoms. The number of ether oxygens (including phenoxy) is 1. The Kier molecular flexibility index (Phi) is 13.8. The molecule has 0 fully saturated rings. The molecule has 0 atom stereocenters. The molecule has 0 heterocycles. The van der Waals surface area contributed by atoms with Crippen LogP contribution in [0.2, 0.25) is 0 Å². The second kappa shape index (κ2) is 12.0. The van der Waals surface area contributed by atoms with Crippen LogP contribution >= 0.6 is 0 Å². The summed E-state index contributed by atoms with van der Waals surface area (Å²) in [5, 5.41) is 8.83. The molecule has 2 nitrogen and oxygen atoms in total. The summed E-state index contributed by atoms with van der Waals surface area (Å²) >= 11 is 0. The molecule has 2 heteroatoms. The van der Waals surface area contributed by atoms with E-state index < -0.39 is 5.60 Å². The summed E-state index contributed by atoms with van der Waals surface area (Å²) in [6, 6.07) is 0. The zero-order valence-electron chi connectivity index (χ0n) is 11.3. The number of aliphatic hydroxyl groups is 1. The Labute approximate surface area is 96.0 Å². The van der Waals surface area contributed by atoms with E-state index in [2.05, 4.69) is 13.8 Å². The lowest BCUT2D eigenvalue weighted by Gasteiger charge is -2.11. The van der Waals surface area contributed by atoms with Crippen molar-refractivity contribution < 1.29 is 9.84 Å². The molecule has 0 rings (SSSR count). The van der Waals surface area contributed by atoms with Crippen LogP contribution in [0.5, 0.6) is 0 Å². The number of unbranched alkanes of at least 4 members (excludes halogenated alkanes) is 2. The van der Waals surface area contributed by atoms with Gasteiger partial charge < -0.3 is 9.84 Å². The SMILES string of the molecule is CCC(C)(C)O.CCCCOCCCC. The van der Waals surface area contributed by atoms with Crippen molar-refractivity contribution in [2.45, 2.75) is 72.3 Å². The fourth-order valence-electron chi connectivity index (χ4n) is 0.595. The van der Waals surface area contributed by atoms with E-state index in [4.69, 9.17) is 9.84 Å². The Morgan fingerprint density at radius 3 is 1.47 bits per heavy atom. The quantitative estimate of drug-likeness (QED) is 0.659. The van der Waals surface area contributed by atoms with Crippen LogP contribution in [0.25, 0.3) is 0 Å². The van der Waals surface area contributed by atoms with Gasteiger partial charge >= 0.3 is 0 Å². The van der Waals surface area contributed by atoms with Crippen LogP contribution in [0, 0.1) is 0 Å². The molecule has 0 aromatic carbocycles. The predicted molar refractivity (Wildman–Crippen MR) is 67.2 cm³/mol. The average Bonchev–Trinajstić information content (AvgIpc) is 2.18. The molecular weight excluding hydrogens is 188 g/mol. The van der Waals surface area contributed by atoms with Crippen LogP contribution < -0.4 is 0 Å². The molecule has 0 aromatic heterocycles. The van der Waals surface area contributed by atoms with Crippen LogP contribution in [0.3, 0.4) is 0 Å². The van der Waals surface area contributed by atoms with Crippen LogP contribution in [0.15, 0.2) is 0 Å². The van der Waals surface area contributed by atoms with Gasteiger partial charge in [-0.1, -0.05) is 33.6 Å². The van der Waals surface area contributed by atoms with Crippen LogP contribution in [-0.4, -0.2) is 23.9 Å². The molecule has 0 saturated heterocycles. The first-order valence-electron chi connectivity index (χ1n) is 6.28. The highest BCUT2D eigenvalue weighted by molar-refractivity contribution is 4.59. The third-order valence-corrected chi connectivity index (χ3v) is 2.15. The Bertz CT molecular complexity index is 99.6. The van der Waals surface area contributed by atoms with Gasteiger partial charge in [0.1, 0.15) is 0 Å². The molecule has 0 bridgehead atoms. The molecule has 0 saturated carbocycles. The molecule has 94 valence electrons. The molecule has 0 aliphatic rings. The van der Waals surface area contributed by atoms with Crippen molar-refractivity contribution in [3.63, 3.8) is 0 Å². The average molecular weight is 218 g/mol. The summed E-state index contributed by atoms with van der Waals surface area (Å²) in [7, 11) is 0. The number of hydrogen-bond acceptors (Lipinski definition) is 2. The molecule has 0 aliphatic carbocycles. The molecule has 0 spiro atoms. The van der Waals surface area contributed by atoms with Crippen LogP contribution in [0.4, 0.5) is 0 Å². The van der Waals surface area contributed by atoms with E-state index in [0.29, 0.717) is 0 Å². The van der Waals surface area contributed by atoms with E-state index in [-0.39, 0.29) is 0 Å². The highest BCUT2D eigenvalue weighted by atomic mass is 16.5. The van der Waals surface area contributed by atoms with Gasteiger partial charge in [-0.3, -0.25) is 0 Å². The Hall–Kier alpha value is -0.0800. The maximum Gasteiger partial charge on any atom is 0.0589 e. The monoisotopic (exact) mass is 218 g/mol. The van der Waals surface area contributed by atoms with E-state index >= 15 is 0 Å². The largest absolute Gasteiger partial charge is 0.390 e. The van der Waals surface area contributed by atoms with Crippen molar-refractivity contribution in [2.24, 2.45) is 0 Å². The fourth-order valence-corrected chi connectivity index (χ4v) is 0.595. The number of rotatable bonds is 7. The fraction of sp³-hybridized carbons (Fsp3) is 1.00. The standard InChI is InChI=1S/C8H18O.C5H12O/c1-3-5-7-9-8-6-4-2;1-4-5(2,3)6/h3-8H2,1-2H3;6H,4H2,1-3H3. The predicted octanol–water partition coefficient (Wildman–Crippen LogP) is 3.77. The lowest BCUT2D eigenvalue weighted by Crippen LogP contribution is -2.15.